The Balaban J connectivity index is 1.64. The molecule has 0 spiro atoms. The number of nitrogens with one attached hydrogen (secondary N) is 1. The van der Waals surface area contributed by atoms with Gasteiger partial charge in [0.05, 0.1) is 15.5 Å². The predicted octanol–water partition coefficient (Wildman–Crippen LogP) is 6.89. The van der Waals surface area contributed by atoms with E-state index in [1.807, 2.05) is 36.4 Å². The van der Waals surface area contributed by atoms with Crippen LogP contribution in [0.1, 0.15) is 16.6 Å². The van der Waals surface area contributed by atoms with Gasteiger partial charge in [-0.2, -0.15) is 0 Å². The second-order valence-electron chi connectivity index (χ2n) is 6.92. The number of halogens is 2. The number of anilines is 2. The minimum atomic E-state index is -3.71. The van der Waals surface area contributed by atoms with E-state index in [9.17, 15) is 13.2 Å². The van der Waals surface area contributed by atoms with Crippen LogP contribution < -0.4 is 9.62 Å². The van der Waals surface area contributed by atoms with Crippen molar-refractivity contribution in [3.8, 4) is 0 Å². The molecule has 0 unspecified atom stereocenters. The highest BCUT2D eigenvalue weighted by Gasteiger charge is 2.24. The maximum atomic E-state index is 13.2. The first-order chi connectivity index (χ1) is 15.3. The van der Waals surface area contributed by atoms with Gasteiger partial charge in [0.15, 0.2) is 0 Å². The lowest BCUT2D eigenvalue weighted by Gasteiger charge is -2.23. The third-order valence-corrected chi connectivity index (χ3v) is 8.84. The highest BCUT2D eigenvalue weighted by Crippen LogP contribution is 2.32. The van der Waals surface area contributed by atoms with E-state index in [1.165, 1.54) is 15.6 Å². The van der Waals surface area contributed by atoms with Crippen molar-refractivity contribution in [2.75, 3.05) is 16.2 Å². The number of sulfonamides is 1. The number of amides is 1. The van der Waals surface area contributed by atoms with E-state index < -0.39 is 10.0 Å². The lowest BCUT2D eigenvalue weighted by molar-refractivity contribution is 0.103. The molecule has 0 fully saturated rings. The largest absolute Gasteiger partial charge is 0.321 e. The van der Waals surface area contributed by atoms with Gasteiger partial charge in [0.25, 0.3) is 15.9 Å². The molecule has 5 nitrogen and oxygen atoms in total. The summed E-state index contributed by atoms with van der Waals surface area (Å²) >= 11 is 8.10. The molecular weight excluding hydrogens is 576 g/mol. The summed E-state index contributed by atoms with van der Waals surface area (Å²) in [7, 11) is -3.71. The summed E-state index contributed by atoms with van der Waals surface area (Å²) in [6.07, 6.45) is 0. The Morgan fingerprint density at radius 2 is 1.72 bits per heavy atom. The summed E-state index contributed by atoms with van der Waals surface area (Å²) in [6.45, 7) is 2.08. The lowest BCUT2D eigenvalue weighted by atomic mass is 10.2. The summed E-state index contributed by atoms with van der Waals surface area (Å²) in [5.41, 5.74) is 1.25. The van der Waals surface area contributed by atoms with Crippen LogP contribution in [0.4, 0.5) is 11.4 Å². The molecular formula is C23H18Br2N2O3S2. The second-order valence-corrected chi connectivity index (χ2v) is 11.7. The number of carbonyl (C=O) groups is 1. The summed E-state index contributed by atoms with van der Waals surface area (Å²) < 4.78 is 30.4. The predicted molar refractivity (Wildman–Crippen MR) is 138 cm³/mol. The van der Waals surface area contributed by atoms with Gasteiger partial charge in [0, 0.05) is 25.9 Å². The molecule has 164 valence electrons. The molecule has 4 aromatic rings. The molecule has 1 amide bonds. The van der Waals surface area contributed by atoms with Gasteiger partial charge in [-0.1, -0.05) is 37.9 Å². The molecule has 0 aliphatic carbocycles. The van der Waals surface area contributed by atoms with Crippen LogP contribution >= 0.6 is 43.2 Å². The van der Waals surface area contributed by atoms with E-state index in [0.29, 0.717) is 16.3 Å². The Morgan fingerprint density at radius 1 is 0.969 bits per heavy atom. The molecule has 0 aliphatic heterocycles. The van der Waals surface area contributed by atoms with E-state index >= 15 is 0 Å². The highest BCUT2D eigenvalue weighted by molar-refractivity contribution is 9.10. The molecule has 9 heteroatoms. The van der Waals surface area contributed by atoms with Gasteiger partial charge in [0.2, 0.25) is 0 Å². The summed E-state index contributed by atoms with van der Waals surface area (Å²) in [6, 6.07) is 21.2. The van der Waals surface area contributed by atoms with Crippen molar-refractivity contribution in [2.45, 2.75) is 11.8 Å². The first-order valence-electron chi connectivity index (χ1n) is 9.67. The Labute approximate surface area is 207 Å². The number of thiophene rings is 1. The number of rotatable bonds is 6. The summed E-state index contributed by atoms with van der Waals surface area (Å²) in [5, 5.41) is 3.71. The van der Waals surface area contributed by atoms with E-state index in [0.717, 1.165) is 19.0 Å². The molecule has 3 aromatic carbocycles. The first kappa shape index (κ1) is 23.0. The van der Waals surface area contributed by atoms with Crippen molar-refractivity contribution in [1.29, 1.82) is 0 Å². The molecule has 1 aromatic heterocycles. The maximum absolute atomic E-state index is 13.2. The van der Waals surface area contributed by atoms with E-state index in [-0.39, 0.29) is 17.3 Å². The smallest absolute Gasteiger partial charge is 0.265 e. The number of nitrogens with zero attached hydrogens (tertiary/aromatic N) is 1. The quantitative estimate of drug-likeness (QED) is 0.265. The van der Waals surface area contributed by atoms with Crippen LogP contribution in [0.2, 0.25) is 0 Å². The summed E-state index contributed by atoms with van der Waals surface area (Å²) in [5.74, 6) is -0.208. The van der Waals surface area contributed by atoms with Gasteiger partial charge < -0.3 is 5.32 Å². The Morgan fingerprint density at radius 3 is 2.41 bits per heavy atom. The van der Waals surface area contributed by atoms with Crippen molar-refractivity contribution < 1.29 is 13.2 Å². The van der Waals surface area contributed by atoms with Gasteiger partial charge in [-0.25, -0.2) is 8.42 Å². The number of fused-ring (bicyclic) bond motifs is 1. The van der Waals surface area contributed by atoms with Gasteiger partial charge in [-0.3, -0.25) is 9.10 Å². The molecule has 0 bridgehead atoms. The normalized spacial score (nSPS) is 11.5. The lowest BCUT2D eigenvalue weighted by Crippen LogP contribution is -2.30. The van der Waals surface area contributed by atoms with Gasteiger partial charge in [-0.15, -0.1) is 11.3 Å². The molecule has 0 saturated carbocycles. The van der Waals surface area contributed by atoms with Crippen molar-refractivity contribution in [3.05, 3.63) is 86.6 Å². The molecule has 1 heterocycles. The number of hydrogen-bond donors (Lipinski definition) is 1. The fourth-order valence-electron chi connectivity index (χ4n) is 3.28. The van der Waals surface area contributed by atoms with Crippen molar-refractivity contribution in [1.82, 2.24) is 0 Å². The van der Waals surface area contributed by atoms with Crippen molar-refractivity contribution in [2.24, 2.45) is 0 Å². The standard InChI is InChI=1S/C23H18Br2N2O3S2/c1-2-27(32(29,30)20-9-6-16(24)7-10-20)19-8-11-21-15(12-19)13-22(31-21)23(28)26-18-5-3-4-17(25)14-18/h3-14H,2H2,1H3,(H,26,28). The molecule has 4 rings (SSSR count). The zero-order chi connectivity index (χ0) is 22.9. The minimum Gasteiger partial charge on any atom is -0.321 e. The second kappa shape index (κ2) is 9.35. The van der Waals surface area contributed by atoms with Crippen LogP contribution in [0.15, 0.2) is 86.6 Å². The van der Waals surface area contributed by atoms with Gasteiger partial charge >= 0.3 is 0 Å². The monoisotopic (exact) mass is 592 g/mol. The SMILES string of the molecule is CCN(c1ccc2sc(C(=O)Nc3cccc(Br)c3)cc2c1)S(=O)(=O)c1ccc(Br)cc1. The zero-order valence-corrected chi connectivity index (χ0v) is 21.7. The molecule has 32 heavy (non-hydrogen) atoms. The van der Waals surface area contributed by atoms with Crippen LogP contribution in [0.5, 0.6) is 0 Å². The summed E-state index contributed by atoms with van der Waals surface area (Å²) in [4.78, 5) is 13.5. The molecule has 0 aliphatic rings. The zero-order valence-electron chi connectivity index (χ0n) is 16.9. The van der Waals surface area contributed by atoms with Crippen molar-refractivity contribution in [3.63, 3.8) is 0 Å². The fourth-order valence-corrected chi connectivity index (χ4v) is 6.35. The van der Waals surface area contributed by atoms with E-state index in [1.54, 1.807) is 43.3 Å². The van der Waals surface area contributed by atoms with Crippen LogP contribution in [0.3, 0.4) is 0 Å². The Bertz CT molecular complexity index is 1400. The first-order valence-corrected chi connectivity index (χ1v) is 13.5. The highest BCUT2D eigenvalue weighted by atomic mass is 79.9. The minimum absolute atomic E-state index is 0.208. The van der Waals surface area contributed by atoms with E-state index in [2.05, 4.69) is 37.2 Å². The third-order valence-electron chi connectivity index (χ3n) is 4.78. The molecule has 0 atom stereocenters. The number of benzene rings is 3. The van der Waals surface area contributed by atoms with Gasteiger partial charge in [0.1, 0.15) is 0 Å². The average molecular weight is 594 g/mol. The molecule has 0 saturated heterocycles. The fraction of sp³-hybridized carbons (Fsp3) is 0.0870. The topological polar surface area (TPSA) is 66.5 Å². The number of hydrogen-bond acceptors (Lipinski definition) is 4. The maximum Gasteiger partial charge on any atom is 0.265 e. The Hall–Kier alpha value is -2.20. The van der Waals surface area contributed by atoms with E-state index in [4.69, 9.17) is 0 Å². The van der Waals surface area contributed by atoms with Crippen molar-refractivity contribution >= 4 is 80.6 Å². The Kier molecular flexibility index (Phi) is 6.71. The third kappa shape index (κ3) is 4.76. The molecule has 1 N–H and O–H groups in total. The van der Waals surface area contributed by atoms with Gasteiger partial charge in [-0.05, 0) is 79.0 Å². The number of carbonyl (C=O) groups excluding carboxylic acids is 1. The molecule has 0 radical (unpaired) electrons. The van der Waals surface area contributed by atoms with Crippen LogP contribution in [0, 0.1) is 0 Å². The van der Waals surface area contributed by atoms with Crippen LogP contribution in [-0.2, 0) is 10.0 Å². The van der Waals surface area contributed by atoms with Crippen LogP contribution in [0.25, 0.3) is 10.1 Å². The van der Waals surface area contributed by atoms with Crippen LogP contribution in [-0.4, -0.2) is 20.9 Å². The average Bonchev–Trinajstić information content (AvgIpc) is 3.18.